The van der Waals surface area contributed by atoms with E-state index >= 15 is 0 Å². The highest BCUT2D eigenvalue weighted by atomic mass is 79.9. The first-order valence-electron chi connectivity index (χ1n) is 6.04. The molecular weight excluding hydrogens is 294 g/mol. The van der Waals surface area contributed by atoms with Crippen LogP contribution < -0.4 is 15.2 Å². The Bertz CT molecular complexity index is 405. The third kappa shape index (κ3) is 3.89. The van der Waals surface area contributed by atoms with Gasteiger partial charge in [0.1, 0.15) is 11.5 Å². The summed E-state index contributed by atoms with van der Waals surface area (Å²) in [6.07, 6.45) is 1.95. The van der Waals surface area contributed by atoms with Gasteiger partial charge in [-0.3, -0.25) is 0 Å². The summed E-state index contributed by atoms with van der Waals surface area (Å²) in [5.74, 6) is 1.65. The molecule has 4 heteroatoms. The molecule has 1 aromatic carbocycles. The average molecular weight is 316 g/mol. The second kappa shape index (κ2) is 6.43. The third-order valence-corrected chi connectivity index (χ3v) is 3.90. The lowest BCUT2D eigenvalue weighted by atomic mass is 9.86. The minimum Gasteiger partial charge on any atom is -0.497 e. The summed E-state index contributed by atoms with van der Waals surface area (Å²) in [6.45, 7) is 5.04. The van der Waals surface area contributed by atoms with Crippen LogP contribution in [0.4, 0.5) is 0 Å². The van der Waals surface area contributed by atoms with Gasteiger partial charge in [-0.1, -0.05) is 29.8 Å². The molecule has 0 radical (unpaired) electrons. The molecule has 1 rings (SSSR count). The van der Waals surface area contributed by atoms with Crippen molar-refractivity contribution in [2.75, 3.05) is 20.8 Å². The van der Waals surface area contributed by atoms with E-state index in [4.69, 9.17) is 15.2 Å². The van der Waals surface area contributed by atoms with Gasteiger partial charge in [0.2, 0.25) is 0 Å². The van der Waals surface area contributed by atoms with Gasteiger partial charge >= 0.3 is 0 Å². The number of nitrogens with two attached hydrogens (primary N) is 1. The quantitative estimate of drug-likeness (QED) is 0.875. The molecule has 0 aliphatic heterocycles. The van der Waals surface area contributed by atoms with Gasteiger partial charge in [-0.05, 0) is 30.9 Å². The maximum atomic E-state index is 5.76. The van der Waals surface area contributed by atoms with Crippen LogP contribution in [0.1, 0.15) is 25.8 Å². The van der Waals surface area contributed by atoms with Crippen molar-refractivity contribution < 1.29 is 9.47 Å². The van der Waals surface area contributed by atoms with Gasteiger partial charge < -0.3 is 15.2 Å². The van der Waals surface area contributed by atoms with E-state index in [-0.39, 0.29) is 5.41 Å². The molecule has 0 bridgehead atoms. The van der Waals surface area contributed by atoms with Crippen LogP contribution in [0, 0.1) is 5.41 Å². The van der Waals surface area contributed by atoms with Crippen LogP contribution in [0.15, 0.2) is 16.6 Å². The van der Waals surface area contributed by atoms with Gasteiger partial charge in [0.15, 0.2) is 0 Å². The summed E-state index contributed by atoms with van der Waals surface area (Å²) in [7, 11) is 3.33. The van der Waals surface area contributed by atoms with Crippen molar-refractivity contribution in [1.82, 2.24) is 0 Å². The smallest absolute Gasteiger partial charge is 0.126 e. The SMILES string of the molecule is COc1cc(Br)c(CCC(C)(C)CN)c(OC)c1. The zero-order valence-corrected chi connectivity index (χ0v) is 13.1. The molecular formula is C14H22BrNO2. The van der Waals surface area contributed by atoms with Crippen LogP contribution in [0.25, 0.3) is 0 Å². The average Bonchev–Trinajstić information content (AvgIpc) is 2.36. The molecule has 0 saturated carbocycles. The first kappa shape index (κ1) is 15.3. The Morgan fingerprint density at radius 2 is 1.89 bits per heavy atom. The molecule has 102 valence electrons. The molecule has 3 nitrogen and oxygen atoms in total. The molecule has 0 fully saturated rings. The fourth-order valence-corrected chi connectivity index (χ4v) is 2.32. The molecule has 0 amide bonds. The summed E-state index contributed by atoms with van der Waals surface area (Å²) in [4.78, 5) is 0. The first-order chi connectivity index (χ1) is 8.43. The second-order valence-corrected chi connectivity index (χ2v) is 6.01. The van der Waals surface area contributed by atoms with E-state index in [0.717, 1.165) is 28.8 Å². The van der Waals surface area contributed by atoms with Crippen molar-refractivity contribution in [2.24, 2.45) is 11.1 Å². The number of halogens is 1. The van der Waals surface area contributed by atoms with E-state index in [2.05, 4.69) is 29.8 Å². The molecule has 0 spiro atoms. The maximum Gasteiger partial charge on any atom is 0.126 e. The maximum absolute atomic E-state index is 5.76. The van der Waals surface area contributed by atoms with Crippen molar-refractivity contribution in [3.63, 3.8) is 0 Å². The van der Waals surface area contributed by atoms with E-state index in [0.29, 0.717) is 6.54 Å². The van der Waals surface area contributed by atoms with Gasteiger partial charge in [0.25, 0.3) is 0 Å². The fourth-order valence-electron chi connectivity index (χ4n) is 1.70. The minimum absolute atomic E-state index is 0.143. The van der Waals surface area contributed by atoms with Crippen LogP contribution in [-0.2, 0) is 6.42 Å². The molecule has 1 aromatic rings. The number of hydrogen-bond acceptors (Lipinski definition) is 3. The predicted molar refractivity (Wildman–Crippen MR) is 78.4 cm³/mol. The monoisotopic (exact) mass is 315 g/mol. The van der Waals surface area contributed by atoms with Crippen LogP contribution >= 0.6 is 15.9 Å². The van der Waals surface area contributed by atoms with Gasteiger partial charge in [-0.25, -0.2) is 0 Å². The lowest BCUT2D eigenvalue weighted by Gasteiger charge is -2.23. The minimum atomic E-state index is 0.143. The predicted octanol–water partition coefficient (Wildman–Crippen LogP) is 3.38. The van der Waals surface area contributed by atoms with E-state index < -0.39 is 0 Å². The highest BCUT2D eigenvalue weighted by Crippen LogP contribution is 2.35. The second-order valence-electron chi connectivity index (χ2n) is 5.16. The number of hydrogen-bond donors (Lipinski definition) is 1. The van der Waals surface area contributed by atoms with Crippen molar-refractivity contribution in [3.05, 3.63) is 22.2 Å². The largest absolute Gasteiger partial charge is 0.497 e. The summed E-state index contributed by atoms with van der Waals surface area (Å²) in [6, 6.07) is 3.88. The Morgan fingerprint density at radius 3 is 2.39 bits per heavy atom. The van der Waals surface area contributed by atoms with Gasteiger partial charge in [0, 0.05) is 16.1 Å². The van der Waals surface area contributed by atoms with Crippen molar-refractivity contribution in [2.45, 2.75) is 26.7 Å². The molecule has 0 heterocycles. The topological polar surface area (TPSA) is 44.5 Å². The Balaban J connectivity index is 2.94. The van der Waals surface area contributed by atoms with Gasteiger partial charge in [0.05, 0.1) is 14.2 Å². The third-order valence-electron chi connectivity index (χ3n) is 3.19. The number of ether oxygens (including phenoxy) is 2. The van der Waals surface area contributed by atoms with Crippen molar-refractivity contribution >= 4 is 15.9 Å². The Morgan fingerprint density at radius 1 is 1.22 bits per heavy atom. The fraction of sp³-hybridized carbons (Fsp3) is 0.571. The van der Waals surface area contributed by atoms with E-state index in [9.17, 15) is 0 Å². The summed E-state index contributed by atoms with van der Waals surface area (Å²) in [5, 5.41) is 0. The molecule has 0 aliphatic carbocycles. The summed E-state index contributed by atoms with van der Waals surface area (Å²) in [5.41, 5.74) is 7.07. The molecule has 18 heavy (non-hydrogen) atoms. The van der Waals surface area contributed by atoms with Crippen molar-refractivity contribution in [3.8, 4) is 11.5 Å². The van der Waals surface area contributed by atoms with Crippen molar-refractivity contribution in [1.29, 1.82) is 0 Å². The molecule has 0 unspecified atom stereocenters. The Kier molecular flexibility index (Phi) is 5.47. The standard InChI is InChI=1S/C14H22BrNO2/c1-14(2,9-16)6-5-11-12(15)7-10(17-3)8-13(11)18-4/h7-8H,5-6,9,16H2,1-4H3. The highest BCUT2D eigenvalue weighted by molar-refractivity contribution is 9.10. The van der Waals surface area contributed by atoms with E-state index in [1.165, 1.54) is 5.56 Å². The van der Waals surface area contributed by atoms with E-state index in [1.807, 2.05) is 12.1 Å². The molecule has 0 saturated heterocycles. The summed E-state index contributed by atoms with van der Waals surface area (Å²) >= 11 is 3.58. The van der Waals surface area contributed by atoms with Crippen LogP contribution in [0.2, 0.25) is 0 Å². The van der Waals surface area contributed by atoms with E-state index in [1.54, 1.807) is 14.2 Å². The zero-order chi connectivity index (χ0) is 13.8. The molecule has 2 N–H and O–H groups in total. The number of benzene rings is 1. The lowest BCUT2D eigenvalue weighted by molar-refractivity contribution is 0.342. The number of methoxy groups -OCH3 is 2. The highest BCUT2D eigenvalue weighted by Gasteiger charge is 2.18. The van der Waals surface area contributed by atoms with Crippen LogP contribution in [-0.4, -0.2) is 20.8 Å². The van der Waals surface area contributed by atoms with Crippen LogP contribution in [0.5, 0.6) is 11.5 Å². The Hall–Kier alpha value is -0.740. The number of rotatable bonds is 6. The Labute approximate surface area is 118 Å². The zero-order valence-electron chi connectivity index (χ0n) is 11.5. The molecule has 0 aromatic heterocycles. The van der Waals surface area contributed by atoms with Gasteiger partial charge in [-0.15, -0.1) is 0 Å². The summed E-state index contributed by atoms with van der Waals surface area (Å²) < 4.78 is 11.7. The lowest BCUT2D eigenvalue weighted by Crippen LogP contribution is -2.24. The normalized spacial score (nSPS) is 11.4. The van der Waals surface area contributed by atoms with Gasteiger partial charge in [-0.2, -0.15) is 0 Å². The molecule has 0 aliphatic rings. The van der Waals surface area contributed by atoms with Crippen LogP contribution in [0.3, 0.4) is 0 Å². The first-order valence-corrected chi connectivity index (χ1v) is 6.83. The molecule has 0 atom stereocenters.